The van der Waals surface area contributed by atoms with Crippen LogP contribution in [0.3, 0.4) is 0 Å². The maximum Gasteiger partial charge on any atom is 0.326 e. The third kappa shape index (κ3) is 0.355. The van der Waals surface area contributed by atoms with Gasteiger partial charge in [-0.1, -0.05) is 0 Å². The molecule has 2 rings (SSSR count). The summed E-state index contributed by atoms with van der Waals surface area (Å²) in [5.41, 5.74) is -0.694. The van der Waals surface area contributed by atoms with Gasteiger partial charge < -0.3 is 4.74 Å². The molecule has 2 atom stereocenters. The quantitative estimate of drug-likeness (QED) is 0.428. The van der Waals surface area contributed by atoms with Crippen LogP contribution in [0.15, 0.2) is 0 Å². The van der Waals surface area contributed by atoms with E-state index in [1.165, 1.54) is 0 Å². The van der Waals surface area contributed by atoms with Gasteiger partial charge in [0.25, 0.3) is 0 Å². The summed E-state index contributed by atoms with van der Waals surface area (Å²) < 4.78 is 4.65. The van der Waals surface area contributed by atoms with Crippen molar-refractivity contribution in [2.24, 2.45) is 11.3 Å². The zero-order valence-electron chi connectivity index (χ0n) is 4.76. The van der Waals surface area contributed by atoms with Crippen molar-refractivity contribution in [3.8, 4) is 6.07 Å². The van der Waals surface area contributed by atoms with Crippen LogP contribution in [0.2, 0.25) is 0 Å². The Hall–Kier alpha value is -1.04. The van der Waals surface area contributed by atoms with E-state index < -0.39 is 5.41 Å². The van der Waals surface area contributed by atoms with E-state index in [1.54, 1.807) is 0 Å². The Morgan fingerprint density at radius 2 is 2.67 bits per heavy atom. The van der Waals surface area contributed by atoms with E-state index in [2.05, 4.69) is 4.74 Å². The summed E-state index contributed by atoms with van der Waals surface area (Å²) in [6, 6.07) is 1.99. The van der Waals surface area contributed by atoms with Gasteiger partial charge in [-0.05, 0) is 6.42 Å². The van der Waals surface area contributed by atoms with E-state index in [4.69, 9.17) is 5.26 Å². The van der Waals surface area contributed by atoms with Crippen LogP contribution in [0.5, 0.6) is 0 Å². The van der Waals surface area contributed by atoms with Crippen molar-refractivity contribution < 1.29 is 9.53 Å². The number of hydrogen-bond acceptors (Lipinski definition) is 3. The second kappa shape index (κ2) is 1.10. The highest BCUT2D eigenvalue weighted by Crippen LogP contribution is 2.56. The molecule has 0 spiro atoms. The first-order valence-electron chi connectivity index (χ1n) is 2.88. The molecular weight excluding hydrogens is 118 g/mol. The summed E-state index contributed by atoms with van der Waals surface area (Å²) in [7, 11) is 0. The molecule has 9 heavy (non-hydrogen) atoms. The van der Waals surface area contributed by atoms with E-state index in [9.17, 15) is 4.79 Å². The number of hydrogen-bond donors (Lipinski definition) is 0. The molecule has 3 nitrogen and oxygen atoms in total. The monoisotopic (exact) mass is 123 g/mol. The molecule has 0 unspecified atom stereocenters. The van der Waals surface area contributed by atoms with E-state index in [1.807, 2.05) is 6.07 Å². The summed E-state index contributed by atoms with van der Waals surface area (Å²) in [5, 5.41) is 8.49. The molecule has 0 bridgehead atoms. The molecule has 2 fully saturated rings. The molecule has 0 amide bonds. The summed E-state index contributed by atoms with van der Waals surface area (Å²) in [6.45, 7) is 0.465. The minimum Gasteiger partial charge on any atom is -0.464 e. The molecule has 0 radical (unpaired) electrons. The number of esters is 1. The van der Waals surface area contributed by atoms with Crippen LogP contribution in [0.4, 0.5) is 0 Å². The highest BCUT2D eigenvalue weighted by molar-refractivity contribution is 5.86. The molecule has 0 aromatic rings. The zero-order valence-corrected chi connectivity index (χ0v) is 4.76. The maximum atomic E-state index is 10.7. The predicted molar refractivity (Wildman–Crippen MR) is 27.1 cm³/mol. The lowest BCUT2D eigenvalue weighted by Gasteiger charge is -1.94. The van der Waals surface area contributed by atoms with E-state index in [0.29, 0.717) is 6.61 Å². The van der Waals surface area contributed by atoms with Crippen LogP contribution in [-0.4, -0.2) is 12.6 Å². The van der Waals surface area contributed by atoms with Gasteiger partial charge in [-0.25, -0.2) is 0 Å². The van der Waals surface area contributed by atoms with Crippen LogP contribution in [0.25, 0.3) is 0 Å². The van der Waals surface area contributed by atoms with Crippen molar-refractivity contribution in [2.45, 2.75) is 6.42 Å². The Bertz CT molecular complexity index is 218. The van der Waals surface area contributed by atoms with Gasteiger partial charge in [0.05, 0.1) is 12.7 Å². The largest absolute Gasteiger partial charge is 0.464 e. The van der Waals surface area contributed by atoms with Gasteiger partial charge in [0.1, 0.15) is 0 Å². The standard InChI is InChI=1S/C6H5NO2/c7-3-6-1-4(6)2-9-5(6)8/h4H,1-2H2/t4-,6-/m0/s1. The van der Waals surface area contributed by atoms with E-state index in [-0.39, 0.29) is 11.9 Å². The number of carbonyl (C=O) groups excluding carboxylic acids is 1. The van der Waals surface area contributed by atoms with Gasteiger partial charge >= 0.3 is 5.97 Å². The van der Waals surface area contributed by atoms with E-state index in [0.717, 1.165) is 6.42 Å². The van der Waals surface area contributed by atoms with Crippen molar-refractivity contribution in [3.05, 3.63) is 0 Å². The highest BCUT2D eigenvalue weighted by Gasteiger charge is 2.67. The van der Waals surface area contributed by atoms with Crippen molar-refractivity contribution in [1.82, 2.24) is 0 Å². The van der Waals surface area contributed by atoms with Crippen LogP contribution in [0, 0.1) is 22.7 Å². The smallest absolute Gasteiger partial charge is 0.326 e. The minimum atomic E-state index is -0.694. The molecule has 0 aromatic carbocycles. The van der Waals surface area contributed by atoms with Crippen molar-refractivity contribution >= 4 is 5.97 Å². The fourth-order valence-corrected chi connectivity index (χ4v) is 1.27. The molecule has 0 aromatic heterocycles. The number of rotatable bonds is 0. The molecule has 1 aliphatic heterocycles. The average molecular weight is 123 g/mol. The second-order valence-corrected chi connectivity index (χ2v) is 2.58. The highest BCUT2D eigenvalue weighted by atomic mass is 16.5. The van der Waals surface area contributed by atoms with Crippen molar-refractivity contribution in [2.75, 3.05) is 6.61 Å². The van der Waals surface area contributed by atoms with Gasteiger partial charge in [0, 0.05) is 5.92 Å². The van der Waals surface area contributed by atoms with Gasteiger partial charge in [0.15, 0.2) is 5.41 Å². The third-order valence-electron chi connectivity index (χ3n) is 2.08. The number of ether oxygens (including phenoxy) is 1. The molecule has 0 N–H and O–H groups in total. The lowest BCUT2D eigenvalue weighted by atomic mass is 10.1. The Kier molecular flexibility index (Phi) is 0.590. The lowest BCUT2D eigenvalue weighted by molar-refractivity contribution is -0.143. The molecule has 1 saturated carbocycles. The van der Waals surface area contributed by atoms with Crippen LogP contribution in [0.1, 0.15) is 6.42 Å². The predicted octanol–water partition coefficient (Wildman–Crippen LogP) is 0.0731. The fourth-order valence-electron chi connectivity index (χ4n) is 1.27. The first-order valence-corrected chi connectivity index (χ1v) is 2.88. The second-order valence-electron chi connectivity index (χ2n) is 2.58. The van der Waals surface area contributed by atoms with E-state index >= 15 is 0 Å². The molecule has 2 aliphatic rings. The number of nitriles is 1. The summed E-state index contributed by atoms with van der Waals surface area (Å²) in [5.74, 6) is -0.0926. The summed E-state index contributed by atoms with van der Waals surface area (Å²) in [4.78, 5) is 10.7. The van der Waals surface area contributed by atoms with Crippen LogP contribution in [-0.2, 0) is 9.53 Å². The molecule has 46 valence electrons. The lowest BCUT2D eigenvalue weighted by Crippen LogP contribution is -2.10. The minimum absolute atomic E-state index is 0.218. The fraction of sp³-hybridized carbons (Fsp3) is 0.667. The third-order valence-corrected chi connectivity index (χ3v) is 2.08. The average Bonchev–Trinajstić information content (AvgIpc) is 2.52. The Morgan fingerprint density at radius 1 is 1.89 bits per heavy atom. The number of cyclic esters (lactones) is 1. The summed E-state index contributed by atoms with van der Waals surface area (Å²) >= 11 is 0. The topological polar surface area (TPSA) is 50.1 Å². The van der Waals surface area contributed by atoms with Crippen molar-refractivity contribution in [1.29, 1.82) is 5.26 Å². The first kappa shape index (κ1) is 4.80. The molecule has 3 heteroatoms. The van der Waals surface area contributed by atoms with Gasteiger partial charge in [0.2, 0.25) is 0 Å². The van der Waals surface area contributed by atoms with Gasteiger partial charge in [-0.3, -0.25) is 4.79 Å². The normalized spacial score (nSPS) is 45.2. The van der Waals surface area contributed by atoms with Crippen LogP contribution >= 0.6 is 0 Å². The first-order chi connectivity index (χ1) is 4.29. The molecule has 1 heterocycles. The van der Waals surface area contributed by atoms with Crippen molar-refractivity contribution in [3.63, 3.8) is 0 Å². The Morgan fingerprint density at radius 3 is 2.89 bits per heavy atom. The molecular formula is C6H5NO2. The van der Waals surface area contributed by atoms with Crippen LogP contribution < -0.4 is 0 Å². The molecule has 1 aliphatic carbocycles. The number of fused-ring (bicyclic) bond motifs is 1. The maximum absolute atomic E-state index is 10.7. The zero-order chi connectivity index (χ0) is 6.48. The van der Waals surface area contributed by atoms with Gasteiger partial charge in [-0.2, -0.15) is 5.26 Å². The number of carbonyl (C=O) groups is 1. The molecule has 1 saturated heterocycles. The summed E-state index contributed by atoms with van der Waals surface area (Å²) in [6.07, 6.45) is 0.725. The van der Waals surface area contributed by atoms with Gasteiger partial charge in [-0.15, -0.1) is 0 Å². The number of nitrogens with zero attached hydrogens (tertiary/aromatic N) is 1. The Balaban J connectivity index is 2.36. The Labute approximate surface area is 52.2 Å². The SMILES string of the molecule is N#C[C@@]12C[C@H]1COC2=O.